The molecule has 3 heteroatoms. The summed E-state index contributed by atoms with van der Waals surface area (Å²) in [5.74, 6) is 0. The molecule has 2 rings (SSSR count). The molecule has 0 unspecified atom stereocenters. The molecule has 1 saturated carbocycles. The second-order valence-corrected chi connectivity index (χ2v) is 3.22. The summed E-state index contributed by atoms with van der Waals surface area (Å²) in [5, 5.41) is 3.87. The van der Waals surface area contributed by atoms with Crippen LogP contribution in [0, 0.1) is 0 Å². The molecule has 11 heavy (non-hydrogen) atoms. The van der Waals surface area contributed by atoms with Gasteiger partial charge in [-0.05, 0) is 30.5 Å². The third-order valence-corrected chi connectivity index (χ3v) is 2.18. The van der Waals surface area contributed by atoms with Gasteiger partial charge in [0.25, 0.3) is 0 Å². The van der Waals surface area contributed by atoms with Gasteiger partial charge in [0.05, 0.1) is 6.26 Å². The molecule has 1 aliphatic carbocycles. The van der Waals surface area contributed by atoms with E-state index in [1.165, 1.54) is 12.8 Å². The quantitative estimate of drug-likeness (QED) is 0.754. The van der Waals surface area contributed by atoms with Crippen molar-refractivity contribution in [2.24, 2.45) is 0 Å². The average Bonchev–Trinajstić information content (AvgIpc) is 2.73. The largest absolute Gasteiger partial charge is 0.453 e. The Labute approximate surface area is 70.5 Å². The fourth-order valence-electron chi connectivity index (χ4n) is 0.987. The van der Waals surface area contributed by atoms with E-state index in [2.05, 4.69) is 5.32 Å². The number of furan rings is 1. The molecule has 0 bridgehead atoms. The highest BCUT2D eigenvalue weighted by molar-refractivity contribution is 6.29. The maximum Gasteiger partial charge on any atom is 0.197 e. The molecule has 1 aliphatic rings. The fraction of sp³-hybridized carbons (Fsp3) is 0.500. The second kappa shape index (κ2) is 2.88. The first-order valence-corrected chi connectivity index (χ1v) is 4.19. The molecule has 0 aromatic carbocycles. The van der Waals surface area contributed by atoms with Gasteiger partial charge in [-0.25, -0.2) is 0 Å². The fourth-order valence-corrected chi connectivity index (χ4v) is 1.17. The highest BCUT2D eigenvalue weighted by Crippen LogP contribution is 2.21. The van der Waals surface area contributed by atoms with Crippen molar-refractivity contribution in [3.63, 3.8) is 0 Å². The predicted octanol–water partition coefficient (Wildman–Crippen LogP) is 2.18. The first-order valence-electron chi connectivity index (χ1n) is 3.81. The summed E-state index contributed by atoms with van der Waals surface area (Å²) in [4.78, 5) is 0. The van der Waals surface area contributed by atoms with E-state index in [1.807, 2.05) is 6.07 Å². The summed E-state index contributed by atoms with van der Waals surface area (Å²) < 4.78 is 4.94. The van der Waals surface area contributed by atoms with E-state index in [0.29, 0.717) is 5.22 Å². The van der Waals surface area contributed by atoms with Gasteiger partial charge in [0.15, 0.2) is 5.22 Å². The lowest BCUT2D eigenvalue weighted by molar-refractivity contribution is 0.562. The summed E-state index contributed by atoms with van der Waals surface area (Å²) in [7, 11) is 0. The number of halogens is 1. The Bertz CT molecular complexity index is 242. The molecule has 1 N–H and O–H groups in total. The minimum atomic E-state index is 0.512. The minimum absolute atomic E-state index is 0.512. The van der Waals surface area contributed by atoms with E-state index in [4.69, 9.17) is 16.0 Å². The molecule has 1 aromatic rings. The lowest BCUT2D eigenvalue weighted by Gasteiger charge is -1.98. The van der Waals surface area contributed by atoms with Gasteiger partial charge in [0.1, 0.15) is 0 Å². The zero-order chi connectivity index (χ0) is 7.68. The third-order valence-electron chi connectivity index (χ3n) is 1.85. The maximum atomic E-state index is 5.74. The Morgan fingerprint density at radius 2 is 2.45 bits per heavy atom. The van der Waals surface area contributed by atoms with Crippen molar-refractivity contribution < 1.29 is 4.42 Å². The summed E-state index contributed by atoms with van der Waals surface area (Å²) >= 11 is 5.74. The maximum absolute atomic E-state index is 5.74. The van der Waals surface area contributed by atoms with Crippen LogP contribution < -0.4 is 5.32 Å². The molecule has 60 valence electrons. The summed E-state index contributed by atoms with van der Waals surface area (Å²) in [6.45, 7) is 0.833. The van der Waals surface area contributed by atoms with Gasteiger partial charge in [-0.15, -0.1) is 0 Å². The number of nitrogens with one attached hydrogen (secondary N) is 1. The van der Waals surface area contributed by atoms with Crippen molar-refractivity contribution in [2.75, 3.05) is 0 Å². The normalized spacial score (nSPS) is 17.2. The molecule has 0 radical (unpaired) electrons. The molecule has 0 amide bonds. The Morgan fingerprint density at radius 1 is 1.64 bits per heavy atom. The Kier molecular flexibility index (Phi) is 1.88. The SMILES string of the molecule is Clc1occc1CNC1CC1. The van der Waals surface area contributed by atoms with Crippen LogP contribution in [0.3, 0.4) is 0 Å². The topological polar surface area (TPSA) is 25.2 Å². The van der Waals surface area contributed by atoms with Crippen LogP contribution in [0.2, 0.25) is 5.22 Å². The van der Waals surface area contributed by atoms with Gasteiger partial charge < -0.3 is 9.73 Å². The van der Waals surface area contributed by atoms with Gasteiger partial charge in [-0.1, -0.05) is 0 Å². The molecule has 2 nitrogen and oxygen atoms in total. The summed E-state index contributed by atoms with van der Waals surface area (Å²) in [6, 6.07) is 2.62. The van der Waals surface area contributed by atoms with Gasteiger partial charge in [0.2, 0.25) is 0 Å². The van der Waals surface area contributed by atoms with E-state index < -0.39 is 0 Å². The van der Waals surface area contributed by atoms with E-state index in [1.54, 1.807) is 6.26 Å². The van der Waals surface area contributed by atoms with E-state index in [9.17, 15) is 0 Å². The third kappa shape index (κ3) is 1.76. The summed E-state index contributed by atoms with van der Waals surface area (Å²) in [5.41, 5.74) is 1.05. The molecule has 0 atom stereocenters. The monoisotopic (exact) mass is 171 g/mol. The Morgan fingerprint density at radius 3 is 3.00 bits per heavy atom. The average molecular weight is 172 g/mol. The molecule has 0 saturated heterocycles. The zero-order valence-electron chi connectivity index (χ0n) is 6.14. The van der Waals surface area contributed by atoms with E-state index in [-0.39, 0.29) is 0 Å². The van der Waals surface area contributed by atoms with Crippen molar-refractivity contribution >= 4 is 11.6 Å². The van der Waals surface area contributed by atoms with Crippen LogP contribution in [0.15, 0.2) is 16.7 Å². The van der Waals surface area contributed by atoms with Gasteiger partial charge in [0, 0.05) is 18.2 Å². The van der Waals surface area contributed by atoms with E-state index >= 15 is 0 Å². The van der Waals surface area contributed by atoms with Crippen molar-refractivity contribution in [1.82, 2.24) is 5.32 Å². The van der Waals surface area contributed by atoms with Crippen LogP contribution in [-0.4, -0.2) is 6.04 Å². The zero-order valence-corrected chi connectivity index (χ0v) is 6.90. The van der Waals surface area contributed by atoms with Crippen molar-refractivity contribution in [1.29, 1.82) is 0 Å². The molecule has 1 fully saturated rings. The molecular weight excluding hydrogens is 162 g/mol. The number of hydrogen-bond acceptors (Lipinski definition) is 2. The molecule has 0 aliphatic heterocycles. The minimum Gasteiger partial charge on any atom is -0.453 e. The van der Waals surface area contributed by atoms with Crippen LogP contribution in [0.1, 0.15) is 18.4 Å². The number of hydrogen-bond donors (Lipinski definition) is 1. The second-order valence-electron chi connectivity index (χ2n) is 2.87. The first-order chi connectivity index (χ1) is 5.36. The summed E-state index contributed by atoms with van der Waals surface area (Å²) in [6.07, 6.45) is 4.22. The van der Waals surface area contributed by atoms with Crippen molar-refractivity contribution in [3.8, 4) is 0 Å². The van der Waals surface area contributed by atoms with Crippen molar-refractivity contribution in [2.45, 2.75) is 25.4 Å². The highest BCUT2D eigenvalue weighted by Gasteiger charge is 2.20. The van der Waals surface area contributed by atoms with Crippen LogP contribution >= 0.6 is 11.6 Å². The molecule has 0 spiro atoms. The van der Waals surface area contributed by atoms with Crippen LogP contribution in [0.25, 0.3) is 0 Å². The molecule has 1 heterocycles. The number of rotatable bonds is 3. The van der Waals surface area contributed by atoms with Crippen molar-refractivity contribution in [3.05, 3.63) is 23.1 Å². The van der Waals surface area contributed by atoms with Crippen LogP contribution in [0.4, 0.5) is 0 Å². The lowest BCUT2D eigenvalue weighted by Crippen LogP contribution is -2.14. The predicted molar refractivity (Wildman–Crippen MR) is 43.6 cm³/mol. The Hall–Kier alpha value is -0.470. The van der Waals surface area contributed by atoms with Gasteiger partial charge >= 0.3 is 0 Å². The Balaban J connectivity index is 1.89. The molecular formula is C8H10ClNO. The highest BCUT2D eigenvalue weighted by atomic mass is 35.5. The smallest absolute Gasteiger partial charge is 0.197 e. The standard InChI is InChI=1S/C8H10ClNO/c9-8-6(3-4-11-8)5-10-7-1-2-7/h3-4,7,10H,1-2,5H2. The van der Waals surface area contributed by atoms with E-state index in [0.717, 1.165) is 18.2 Å². The van der Waals surface area contributed by atoms with Crippen LogP contribution in [-0.2, 0) is 6.54 Å². The van der Waals surface area contributed by atoms with Gasteiger partial charge in [-0.2, -0.15) is 0 Å². The lowest BCUT2D eigenvalue weighted by atomic mass is 10.3. The van der Waals surface area contributed by atoms with Crippen LogP contribution in [0.5, 0.6) is 0 Å². The first kappa shape index (κ1) is 7.19. The molecule has 1 aromatic heterocycles. The van der Waals surface area contributed by atoms with Gasteiger partial charge in [-0.3, -0.25) is 0 Å².